The Bertz CT molecular complexity index is 1630. The van der Waals surface area contributed by atoms with E-state index in [-0.39, 0.29) is 43.7 Å². The first-order valence-electron chi connectivity index (χ1n) is 14.7. The summed E-state index contributed by atoms with van der Waals surface area (Å²) < 4.78 is 103. The van der Waals surface area contributed by atoms with E-state index < -0.39 is 70.8 Å². The van der Waals surface area contributed by atoms with Crippen molar-refractivity contribution in [3.8, 4) is 5.69 Å². The molecule has 4 atom stereocenters. The number of hydrogen-bond donors (Lipinski definition) is 0. The van der Waals surface area contributed by atoms with Crippen molar-refractivity contribution in [1.29, 1.82) is 0 Å². The summed E-state index contributed by atoms with van der Waals surface area (Å²) >= 11 is 0. The van der Waals surface area contributed by atoms with Gasteiger partial charge in [-0.15, -0.1) is 0 Å². The second kappa shape index (κ2) is 12.3. The average Bonchev–Trinajstić information content (AvgIpc) is 3.58. The first-order valence-corrected chi connectivity index (χ1v) is 14.7. The number of rotatable bonds is 5. The second-order valence-electron chi connectivity index (χ2n) is 12.8. The molecule has 0 N–H and O–H groups in total. The van der Waals surface area contributed by atoms with Crippen LogP contribution in [0, 0.1) is 36.1 Å². The van der Waals surface area contributed by atoms with Crippen molar-refractivity contribution in [3.05, 3.63) is 82.7 Å². The molecular formula is C32H33F7N4O3. The molecule has 2 unspecified atom stereocenters. The molecule has 248 valence electrons. The smallest absolute Gasteiger partial charge is 0.435 e. The lowest BCUT2D eigenvalue weighted by Crippen LogP contribution is -2.52. The topological polar surface area (TPSA) is 67.7 Å². The van der Waals surface area contributed by atoms with Crippen LogP contribution in [-0.4, -0.2) is 69.0 Å². The molecular weight excluding hydrogens is 621 g/mol. The van der Waals surface area contributed by atoms with Gasteiger partial charge in [0.1, 0.15) is 11.6 Å². The number of amides is 1. The molecule has 0 aliphatic carbocycles. The van der Waals surface area contributed by atoms with Crippen LogP contribution in [0.2, 0.25) is 0 Å². The van der Waals surface area contributed by atoms with Crippen LogP contribution >= 0.6 is 0 Å². The SMILES string of the molecule is Cc1cc(C2CCN(C(=O)[C@@H]3CN(C(C)(C)C)C[C@H]3c3ccc(F)cc3F)C(OC(=O)C(F)(F)F)C2)n(-c2ccc(F)c(F)c2)n1. The quantitative estimate of drug-likeness (QED) is 0.236. The fourth-order valence-corrected chi connectivity index (χ4v) is 6.32. The number of esters is 1. The Morgan fingerprint density at radius 2 is 1.63 bits per heavy atom. The number of alkyl halides is 3. The number of hydrogen-bond acceptors (Lipinski definition) is 5. The van der Waals surface area contributed by atoms with E-state index in [1.807, 2.05) is 25.7 Å². The largest absolute Gasteiger partial charge is 0.491 e. The first kappa shape index (κ1) is 33.4. The van der Waals surface area contributed by atoms with E-state index in [1.165, 1.54) is 16.8 Å². The van der Waals surface area contributed by atoms with Gasteiger partial charge in [0.25, 0.3) is 0 Å². The van der Waals surface area contributed by atoms with Crippen molar-refractivity contribution in [2.75, 3.05) is 19.6 Å². The zero-order valence-corrected chi connectivity index (χ0v) is 25.5. The molecule has 3 heterocycles. The molecule has 3 aromatic rings. The number of carbonyl (C=O) groups excluding carboxylic acids is 2. The summed E-state index contributed by atoms with van der Waals surface area (Å²) in [7, 11) is 0. The number of halogens is 7. The molecule has 0 radical (unpaired) electrons. The van der Waals surface area contributed by atoms with Gasteiger partial charge in [-0.1, -0.05) is 6.07 Å². The van der Waals surface area contributed by atoms with E-state index in [0.29, 0.717) is 17.5 Å². The van der Waals surface area contributed by atoms with E-state index in [9.17, 15) is 35.9 Å². The minimum Gasteiger partial charge on any atom is -0.435 e. The zero-order chi connectivity index (χ0) is 33.7. The molecule has 14 heteroatoms. The fourth-order valence-electron chi connectivity index (χ4n) is 6.32. The Labute approximate surface area is 260 Å². The Morgan fingerprint density at radius 1 is 0.913 bits per heavy atom. The summed E-state index contributed by atoms with van der Waals surface area (Å²) in [6.07, 6.45) is -7.06. The van der Waals surface area contributed by atoms with Gasteiger partial charge in [-0.3, -0.25) is 9.69 Å². The Hall–Kier alpha value is -3.94. The van der Waals surface area contributed by atoms with Crippen LogP contribution in [0.1, 0.15) is 62.4 Å². The predicted molar refractivity (Wildman–Crippen MR) is 152 cm³/mol. The van der Waals surface area contributed by atoms with Crippen molar-refractivity contribution in [2.24, 2.45) is 5.92 Å². The highest BCUT2D eigenvalue weighted by atomic mass is 19.4. The van der Waals surface area contributed by atoms with Crippen molar-refractivity contribution >= 4 is 11.9 Å². The summed E-state index contributed by atoms with van der Waals surface area (Å²) in [5, 5.41) is 4.35. The second-order valence-corrected chi connectivity index (χ2v) is 12.8. The summed E-state index contributed by atoms with van der Waals surface area (Å²) in [4.78, 5) is 29.3. The van der Waals surface area contributed by atoms with Crippen molar-refractivity contribution in [1.82, 2.24) is 19.6 Å². The molecule has 7 nitrogen and oxygen atoms in total. The molecule has 2 saturated heterocycles. The number of aryl methyl sites for hydroxylation is 1. The monoisotopic (exact) mass is 654 g/mol. The van der Waals surface area contributed by atoms with Gasteiger partial charge in [0.2, 0.25) is 5.91 Å². The van der Waals surface area contributed by atoms with Gasteiger partial charge < -0.3 is 9.64 Å². The molecule has 2 aromatic carbocycles. The van der Waals surface area contributed by atoms with E-state index in [1.54, 1.807) is 13.0 Å². The van der Waals surface area contributed by atoms with Gasteiger partial charge >= 0.3 is 12.1 Å². The molecule has 2 aliphatic heterocycles. The molecule has 1 amide bonds. The lowest BCUT2D eigenvalue weighted by Gasteiger charge is -2.40. The standard InChI is InChI=1S/C32H33F7N4O3/c1-17-11-27(43(40-17)20-6-8-24(34)26(36)14-20)18-9-10-42(28(12-18)46-30(45)32(37,38)39)29(44)23-16-41(31(2,3)4)15-22(23)21-7-5-19(33)13-25(21)35/h5-8,11,13-14,18,22-23,28H,9-10,12,15-16H2,1-4H3/t18?,22-,23+,28?/m0/s1. The minimum atomic E-state index is -5.35. The summed E-state index contributed by atoms with van der Waals surface area (Å²) in [5.74, 6) is -9.28. The Kier molecular flexibility index (Phi) is 8.97. The molecule has 1 aromatic heterocycles. The average molecular weight is 655 g/mol. The Balaban J connectivity index is 1.49. The van der Waals surface area contributed by atoms with Crippen LogP contribution in [0.15, 0.2) is 42.5 Å². The van der Waals surface area contributed by atoms with E-state index in [0.717, 1.165) is 23.1 Å². The number of carbonyl (C=O) groups is 2. The molecule has 5 rings (SSSR count). The van der Waals surface area contributed by atoms with Crippen molar-refractivity contribution in [2.45, 2.75) is 70.3 Å². The highest BCUT2D eigenvalue weighted by Gasteiger charge is 2.49. The maximum atomic E-state index is 15.0. The fraction of sp³-hybridized carbons (Fsp3) is 0.469. The molecule has 2 fully saturated rings. The van der Waals surface area contributed by atoms with E-state index in [2.05, 4.69) is 5.10 Å². The predicted octanol–water partition coefficient (Wildman–Crippen LogP) is 6.39. The minimum absolute atomic E-state index is 0.0936. The summed E-state index contributed by atoms with van der Waals surface area (Å²) in [5.41, 5.74) is 0.724. The van der Waals surface area contributed by atoms with Crippen molar-refractivity contribution < 1.29 is 45.1 Å². The number of benzene rings is 2. The van der Waals surface area contributed by atoms with Crippen LogP contribution in [0.3, 0.4) is 0 Å². The highest BCUT2D eigenvalue weighted by molar-refractivity contribution is 5.82. The molecule has 0 spiro atoms. The number of likely N-dealkylation sites (tertiary alicyclic amines) is 2. The van der Waals surface area contributed by atoms with Gasteiger partial charge in [-0.05, 0) is 63.9 Å². The van der Waals surface area contributed by atoms with E-state index >= 15 is 4.39 Å². The lowest BCUT2D eigenvalue weighted by atomic mass is 9.85. The molecule has 46 heavy (non-hydrogen) atoms. The summed E-state index contributed by atoms with van der Waals surface area (Å²) in [6.45, 7) is 7.56. The number of ether oxygens (including phenoxy) is 1. The van der Waals surface area contributed by atoms with Gasteiger partial charge in [-0.2, -0.15) is 18.3 Å². The third kappa shape index (κ3) is 6.76. The number of nitrogens with zero attached hydrogens (tertiary/aromatic N) is 4. The van der Waals surface area contributed by atoms with Gasteiger partial charge in [0.05, 0.1) is 17.3 Å². The van der Waals surface area contributed by atoms with Crippen LogP contribution in [0.5, 0.6) is 0 Å². The van der Waals surface area contributed by atoms with Crippen LogP contribution < -0.4 is 0 Å². The molecule has 2 aliphatic rings. The van der Waals surface area contributed by atoms with E-state index in [4.69, 9.17) is 4.74 Å². The lowest BCUT2D eigenvalue weighted by molar-refractivity contribution is -0.216. The van der Waals surface area contributed by atoms with Gasteiger partial charge in [0.15, 0.2) is 17.9 Å². The van der Waals surface area contributed by atoms with Crippen LogP contribution in [0.4, 0.5) is 30.7 Å². The van der Waals surface area contributed by atoms with Gasteiger partial charge in [-0.25, -0.2) is 27.0 Å². The molecule has 0 saturated carbocycles. The Morgan fingerprint density at radius 3 is 2.26 bits per heavy atom. The van der Waals surface area contributed by atoms with Gasteiger partial charge in [0, 0.05) is 61.3 Å². The highest BCUT2D eigenvalue weighted by Crippen LogP contribution is 2.41. The number of aromatic nitrogens is 2. The third-order valence-corrected chi connectivity index (χ3v) is 8.68. The third-order valence-electron chi connectivity index (χ3n) is 8.68. The molecule has 0 bridgehead atoms. The number of piperidine rings is 1. The summed E-state index contributed by atoms with van der Waals surface area (Å²) in [6, 6.07) is 7.84. The zero-order valence-electron chi connectivity index (χ0n) is 25.5. The maximum absolute atomic E-state index is 15.0. The van der Waals surface area contributed by atoms with Crippen LogP contribution in [-0.2, 0) is 14.3 Å². The normalized spacial score (nSPS) is 22.7. The first-order chi connectivity index (χ1) is 21.4. The van der Waals surface area contributed by atoms with Crippen LogP contribution in [0.25, 0.3) is 5.69 Å². The maximum Gasteiger partial charge on any atom is 0.491 e. The van der Waals surface area contributed by atoms with Crippen molar-refractivity contribution in [3.63, 3.8) is 0 Å².